The number of hydrogen-bond donors (Lipinski definition) is 11. The van der Waals surface area contributed by atoms with E-state index in [4.69, 9.17) is 4.74 Å². The van der Waals surface area contributed by atoms with Crippen LogP contribution in [0.1, 0.15) is 90.6 Å². The molecule has 1 aromatic carbocycles. The maximum atomic E-state index is 14.9. The molecule has 7 amide bonds. The average Bonchev–Trinajstić information content (AvgIpc) is 4.11. The smallest absolute Gasteiger partial charge is 0.318 e. The van der Waals surface area contributed by atoms with Gasteiger partial charge in [-0.15, -0.1) is 0 Å². The third-order valence-electron chi connectivity index (χ3n) is 14.3. The van der Waals surface area contributed by atoms with Crippen LogP contribution in [0.2, 0.25) is 0 Å². The Hall–Kier alpha value is -6.24. The molecule has 0 bridgehead atoms. The average molecular weight is 1050 g/mol. The summed E-state index contributed by atoms with van der Waals surface area (Å²) in [5, 5.41) is 79.3. The number of aromatic nitrogens is 3. The first-order chi connectivity index (χ1) is 35.6. The maximum absolute atomic E-state index is 14.9. The minimum Gasteiger partial charge on any atom is -0.618 e. The summed E-state index contributed by atoms with van der Waals surface area (Å²) in [6.07, 6.45) is -2.25. The normalized spacial score (nSPS) is 22.5. The Morgan fingerprint density at radius 1 is 0.920 bits per heavy atom. The van der Waals surface area contributed by atoms with Crippen LogP contribution in [-0.2, 0) is 48.1 Å². The number of likely N-dealkylation sites (tertiary alicyclic amines) is 1. The van der Waals surface area contributed by atoms with Crippen molar-refractivity contribution in [1.29, 1.82) is 0 Å². The number of hydrogen-bond acceptors (Lipinski definition) is 14. The zero-order valence-electron chi connectivity index (χ0n) is 43.9. The Bertz CT molecular complexity index is 2330. The third kappa shape index (κ3) is 16.1. The number of nitrogens with zero attached hydrogens (tertiary/aromatic N) is 4. The second-order valence-electron chi connectivity index (χ2n) is 20.6. The zero-order chi connectivity index (χ0) is 55.1. The molecule has 0 spiro atoms. The van der Waals surface area contributed by atoms with Crippen molar-refractivity contribution in [1.82, 2.24) is 46.4 Å². The van der Waals surface area contributed by atoms with Gasteiger partial charge in [0, 0.05) is 56.4 Å². The molecule has 5 rings (SSSR count). The van der Waals surface area contributed by atoms with E-state index in [1.54, 1.807) is 48.5 Å². The quantitative estimate of drug-likeness (QED) is 0.0377. The SMILES string of the molecule is CC[C@@H](C)[C@H](NC(=O)[C@@H](C[C@H](O)[C@H](CC(C)C)NC(=O)[C@H](Cc1cnc[nH]1)N(C)C(=O)[C@H](Cc1ccccc1)NC(=O)[C@@H]1CCCN1C(=O)N[C@H]1C(O)O[C@H](CO)[C@@H](O)[C@@H]1O)C(C)C)C(=O)NCc1cccc[n+]1[O-]. The van der Waals surface area contributed by atoms with Crippen LogP contribution in [0.15, 0.2) is 67.3 Å². The van der Waals surface area contributed by atoms with E-state index < -0.39 is 115 Å². The number of aliphatic hydroxyl groups excluding tert-OH is 5. The summed E-state index contributed by atoms with van der Waals surface area (Å²) in [5.41, 5.74) is 1.49. The van der Waals surface area contributed by atoms with Crippen molar-refractivity contribution in [3.63, 3.8) is 0 Å². The summed E-state index contributed by atoms with van der Waals surface area (Å²) >= 11 is 0. The fraction of sp³-hybridized carbons (Fsp3) is 0.615. The Labute approximate surface area is 437 Å². The number of pyridine rings is 1. The summed E-state index contributed by atoms with van der Waals surface area (Å²) in [6.45, 7) is 10.5. The topological polar surface area (TPSA) is 335 Å². The molecule has 75 heavy (non-hydrogen) atoms. The maximum Gasteiger partial charge on any atom is 0.318 e. The van der Waals surface area contributed by atoms with Crippen LogP contribution in [-0.4, -0.2) is 168 Å². The van der Waals surface area contributed by atoms with Gasteiger partial charge in [0.25, 0.3) is 0 Å². The minimum atomic E-state index is -1.79. The number of amides is 7. The van der Waals surface area contributed by atoms with Gasteiger partial charge in [0.15, 0.2) is 12.5 Å². The molecule has 0 saturated carbocycles. The Kier molecular flexibility index (Phi) is 22.3. The van der Waals surface area contributed by atoms with Crippen molar-refractivity contribution in [3.8, 4) is 0 Å². The molecule has 11 N–H and O–H groups in total. The zero-order valence-corrected chi connectivity index (χ0v) is 43.9. The molecule has 414 valence electrons. The Balaban J connectivity index is 1.34. The second-order valence-corrected chi connectivity index (χ2v) is 20.6. The molecule has 3 aromatic rings. The summed E-state index contributed by atoms with van der Waals surface area (Å²) < 4.78 is 5.83. The molecule has 23 nitrogen and oxygen atoms in total. The number of ether oxygens (including phenoxy) is 1. The number of H-pyrrole nitrogens is 1. The molecule has 13 atom stereocenters. The lowest BCUT2D eigenvalue weighted by atomic mass is 9.85. The van der Waals surface area contributed by atoms with Gasteiger partial charge in [-0.25, -0.2) is 9.78 Å². The van der Waals surface area contributed by atoms with Crippen molar-refractivity contribution in [3.05, 3.63) is 89.4 Å². The molecule has 23 heteroatoms. The lowest BCUT2D eigenvalue weighted by Gasteiger charge is -2.41. The Morgan fingerprint density at radius 2 is 1.63 bits per heavy atom. The highest BCUT2D eigenvalue weighted by molar-refractivity contribution is 5.95. The first kappa shape index (κ1) is 59.6. The van der Waals surface area contributed by atoms with Crippen molar-refractivity contribution in [2.45, 2.75) is 160 Å². The van der Waals surface area contributed by atoms with Gasteiger partial charge in [-0.05, 0) is 55.1 Å². The van der Waals surface area contributed by atoms with Crippen molar-refractivity contribution in [2.75, 3.05) is 20.2 Å². The molecule has 1 unspecified atom stereocenters. The summed E-state index contributed by atoms with van der Waals surface area (Å²) in [5.74, 6) is -4.42. The van der Waals surface area contributed by atoms with E-state index in [0.29, 0.717) is 34.5 Å². The van der Waals surface area contributed by atoms with Crippen LogP contribution in [0.4, 0.5) is 4.79 Å². The molecule has 2 fully saturated rings. The number of carbonyl (C=O) groups excluding carboxylic acids is 6. The predicted octanol–water partition coefficient (Wildman–Crippen LogP) is -0.485. The van der Waals surface area contributed by atoms with Crippen molar-refractivity contribution in [2.24, 2.45) is 23.7 Å². The van der Waals surface area contributed by atoms with Gasteiger partial charge in [-0.3, -0.25) is 24.0 Å². The van der Waals surface area contributed by atoms with Crippen LogP contribution < -0.4 is 31.3 Å². The number of nitrogens with one attached hydrogen (secondary N) is 6. The predicted molar refractivity (Wildman–Crippen MR) is 272 cm³/mol. The fourth-order valence-corrected chi connectivity index (χ4v) is 9.54. The number of aliphatic hydroxyl groups is 5. The molecule has 0 aliphatic carbocycles. The highest BCUT2D eigenvalue weighted by atomic mass is 16.6. The van der Waals surface area contributed by atoms with Crippen LogP contribution >= 0.6 is 0 Å². The van der Waals surface area contributed by atoms with Gasteiger partial charge >= 0.3 is 6.03 Å². The number of imidazole rings is 1. The number of benzene rings is 1. The van der Waals surface area contributed by atoms with Gasteiger partial charge in [0.1, 0.15) is 55.1 Å². The van der Waals surface area contributed by atoms with Crippen LogP contribution in [0, 0.1) is 28.9 Å². The molecule has 2 aliphatic rings. The van der Waals surface area contributed by atoms with Crippen LogP contribution in [0.25, 0.3) is 0 Å². The molecule has 0 radical (unpaired) electrons. The van der Waals surface area contributed by atoms with Crippen molar-refractivity contribution < 1.29 is 63.8 Å². The van der Waals surface area contributed by atoms with Gasteiger partial charge in [-0.1, -0.05) is 78.3 Å². The van der Waals surface area contributed by atoms with Crippen molar-refractivity contribution >= 4 is 35.6 Å². The van der Waals surface area contributed by atoms with E-state index in [0.717, 1.165) is 0 Å². The first-order valence-electron chi connectivity index (χ1n) is 25.8. The largest absolute Gasteiger partial charge is 0.618 e. The van der Waals surface area contributed by atoms with E-state index in [2.05, 4.69) is 36.6 Å². The number of urea groups is 1. The standard InChI is InChI=1S/C52H78N10O13/c1-8-31(6)42(49(70)54-26-34-17-12-13-20-62(34)74)58-46(67)35(30(4)5)24-40(64)36(21-29(2)3)56-48(69)39(23-33-25-53-28-55-33)60(7)50(71)37(22-32-15-10-9-11-16-32)57-47(68)38-18-14-19-61(38)52(73)59-43-45(66)44(65)41(27-63)75-51(43)72/h9-13,15-17,20,25,28-31,35-45,51,63-66,72H,8,14,18-19,21-24,26-27H2,1-7H3,(H,53,55)(H,54,70)(H,56,69)(H,57,68)(H,58,67)(H,59,73)/t31-,35+,36+,37+,38+,39+,40+,41-,42+,43-,44-,45-,51?/m1/s1. The number of aromatic amines is 1. The second kappa shape index (κ2) is 28.1. The Morgan fingerprint density at radius 3 is 2.25 bits per heavy atom. The fourth-order valence-electron chi connectivity index (χ4n) is 9.54. The highest BCUT2D eigenvalue weighted by Gasteiger charge is 2.46. The van der Waals surface area contributed by atoms with E-state index in [-0.39, 0.29) is 62.9 Å². The minimum absolute atomic E-state index is 0.0190. The molecule has 2 aromatic heterocycles. The molecule has 2 saturated heterocycles. The van der Waals surface area contributed by atoms with E-state index >= 15 is 0 Å². The van der Waals surface area contributed by atoms with Gasteiger partial charge < -0.3 is 76.8 Å². The lowest BCUT2D eigenvalue weighted by molar-refractivity contribution is -0.614. The van der Waals surface area contributed by atoms with E-state index in [1.165, 1.54) is 35.6 Å². The number of rotatable bonds is 25. The van der Waals surface area contributed by atoms with Gasteiger partial charge in [0.05, 0.1) is 25.1 Å². The van der Waals surface area contributed by atoms with Gasteiger partial charge in [0.2, 0.25) is 35.2 Å². The molecule has 2 aliphatic heterocycles. The highest BCUT2D eigenvalue weighted by Crippen LogP contribution is 2.25. The molecule has 4 heterocycles. The summed E-state index contributed by atoms with van der Waals surface area (Å²) in [7, 11) is 1.43. The first-order valence-corrected chi connectivity index (χ1v) is 25.8. The lowest BCUT2D eigenvalue weighted by Crippen LogP contribution is -2.66. The monoisotopic (exact) mass is 1050 g/mol. The van der Waals surface area contributed by atoms with E-state index in [9.17, 15) is 59.5 Å². The van der Waals surface area contributed by atoms with Crippen LogP contribution in [0.3, 0.4) is 0 Å². The van der Waals surface area contributed by atoms with Gasteiger partial charge in [-0.2, -0.15) is 4.73 Å². The number of carbonyl (C=O) groups is 6. The third-order valence-corrected chi connectivity index (χ3v) is 14.3. The number of likely N-dealkylation sites (N-methyl/N-ethyl adjacent to an activating group) is 1. The summed E-state index contributed by atoms with van der Waals surface area (Å²) in [6, 6.07) is 5.83. The van der Waals surface area contributed by atoms with Crippen LogP contribution in [0.5, 0.6) is 0 Å². The molecular weight excluding hydrogens is 973 g/mol. The summed E-state index contributed by atoms with van der Waals surface area (Å²) in [4.78, 5) is 94.8. The van der Waals surface area contributed by atoms with E-state index in [1.807, 2.05) is 41.5 Å². The molecular formula is C52H78N10O13.